The van der Waals surface area contributed by atoms with Crippen LogP contribution in [-0.4, -0.2) is 31.4 Å². The molecule has 0 aromatic heterocycles. The van der Waals surface area contributed by atoms with Crippen LogP contribution in [0, 0.1) is 0 Å². The third-order valence-electron chi connectivity index (χ3n) is 4.24. The zero-order chi connectivity index (χ0) is 14.5. The van der Waals surface area contributed by atoms with E-state index >= 15 is 0 Å². The summed E-state index contributed by atoms with van der Waals surface area (Å²) in [7, 11) is -0.378. The molecule has 1 saturated heterocycles. The van der Waals surface area contributed by atoms with Crippen molar-refractivity contribution >= 4 is 24.3 Å². The van der Waals surface area contributed by atoms with E-state index in [9.17, 15) is 0 Å². The van der Waals surface area contributed by atoms with E-state index in [1.165, 1.54) is 0 Å². The maximum absolute atomic E-state index is 6.12. The van der Waals surface area contributed by atoms with Crippen molar-refractivity contribution in [2.75, 3.05) is 13.0 Å². The molecule has 0 atom stereocenters. The summed E-state index contributed by atoms with van der Waals surface area (Å²) in [6, 6.07) is 3.92. The fraction of sp³-hybridized carbons (Fsp3) is 0.571. The van der Waals surface area contributed by atoms with Gasteiger partial charge >= 0.3 is 7.12 Å². The third-order valence-corrected chi connectivity index (χ3v) is 5.06. The number of hydrogen-bond donors (Lipinski definition) is 0. The van der Waals surface area contributed by atoms with E-state index in [-0.39, 0.29) is 25.1 Å². The molecule has 0 amide bonds. The molecule has 0 N–H and O–H groups in total. The van der Waals surface area contributed by atoms with Gasteiger partial charge in [-0.3, -0.25) is 0 Å². The van der Waals surface area contributed by atoms with Crippen molar-refractivity contribution in [2.24, 2.45) is 0 Å². The lowest BCUT2D eigenvalue weighted by Gasteiger charge is -2.32. The normalized spacial score (nSPS) is 22.4. The van der Waals surface area contributed by atoms with E-state index in [1.807, 2.05) is 18.4 Å². The molecule has 0 radical (unpaired) electrons. The summed E-state index contributed by atoms with van der Waals surface area (Å²) in [6.45, 7) is 8.49. The lowest BCUT2D eigenvalue weighted by atomic mass is 9.79. The highest BCUT2D eigenvalue weighted by Gasteiger charge is 2.52. The van der Waals surface area contributed by atoms with Crippen LogP contribution in [0.4, 0.5) is 0 Å². The van der Waals surface area contributed by atoms with Gasteiger partial charge in [0.2, 0.25) is 6.79 Å². The molecule has 108 valence electrons. The predicted molar refractivity (Wildman–Crippen MR) is 80.1 cm³/mol. The second kappa shape index (κ2) is 4.58. The van der Waals surface area contributed by atoms with E-state index in [0.717, 1.165) is 21.9 Å². The van der Waals surface area contributed by atoms with Gasteiger partial charge in [0, 0.05) is 5.46 Å². The van der Waals surface area contributed by atoms with Crippen LogP contribution in [0.2, 0.25) is 0 Å². The molecule has 2 aliphatic heterocycles. The monoisotopic (exact) mass is 294 g/mol. The molecular weight excluding hydrogens is 275 g/mol. The Morgan fingerprint density at radius 1 is 1.05 bits per heavy atom. The molecular formula is C14H19BO4S. The molecule has 1 aromatic carbocycles. The van der Waals surface area contributed by atoms with Gasteiger partial charge in [-0.25, -0.2) is 0 Å². The minimum Gasteiger partial charge on any atom is -0.454 e. The van der Waals surface area contributed by atoms with Crippen molar-refractivity contribution in [1.82, 2.24) is 0 Å². The van der Waals surface area contributed by atoms with Crippen molar-refractivity contribution in [3.05, 3.63) is 12.1 Å². The largest absolute Gasteiger partial charge is 0.496 e. The summed E-state index contributed by atoms with van der Waals surface area (Å²) in [6.07, 6.45) is 2.02. The predicted octanol–water partition coefficient (Wildman–Crippen LogP) is 2.44. The maximum atomic E-state index is 6.12. The average molecular weight is 294 g/mol. The smallest absolute Gasteiger partial charge is 0.454 e. The van der Waals surface area contributed by atoms with Gasteiger partial charge in [0.05, 0.1) is 16.1 Å². The van der Waals surface area contributed by atoms with Gasteiger partial charge in [0.1, 0.15) is 0 Å². The third kappa shape index (κ3) is 2.01. The van der Waals surface area contributed by atoms with Gasteiger partial charge in [0.15, 0.2) is 11.5 Å². The molecule has 1 fully saturated rings. The van der Waals surface area contributed by atoms with Crippen molar-refractivity contribution in [2.45, 2.75) is 43.8 Å². The van der Waals surface area contributed by atoms with Gasteiger partial charge in [-0.2, -0.15) is 0 Å². The number of ether oxygens (including phenoxy) is 2. The Labute approximate surface area is 124 Å². The summed E-state index contributed by atoms with van der Waals surface area (Å²) in [4.78, 5) is 1.03. The van der Waals surface area contributed by atoms with Gasteiger partial charge in [-0.15, -0.1) is 11.8 Å². The summed E-state index contributed by atoms with van der Waals surface area (Å²) >= 11 is 1.62. The van der Waals surface area contributed by atoms with Crippen LogP contribution in [0.5, 0.6) is 11.5 Å². The number of fused-ring (bicyclic) bond motifs is 1. The number of hydrogen-bond acceptors (Lipinski definition) is 5. The number of thioether (sulfide) groups is 1. The fourth-order valence-electron chi connectivity index (χ4n) is 2.33. The molecule has 0 saturated carbocycles. The minimum atomic E-state index is -0.378. The lowest BCUT2D eigenvalue weighted by Crippen LogP contribution is -2.41. The lowest BCUT2D eigenvalue weighted by molar-refractivity contribution is 0.00578. The van der Waals surface area contributed by atoms with Gasteiger partial charge < -0.3 is 18.8 Å². The summed E-state index contributed by atoms with van der Waals surface area (Å²) in [5.74, 6) is 1.58. The van der Waals surface area contributed by atoms with Crippen LogP contribution in [0.3, 0.4) is 0 Å². The SMILES string of the molecule is CSc1c(B2OC(C)(C)C(C)(C)O2)ccc2c1OCO2. The first-order valence-electron chi connectivity index (χ1n) is 6.68. The van der Waals surface area contributed by atoms with Crippen molar-refractivity contribution in [1.29, 1.82) is 0 Å². The van der Waals surface area contributed by atoms with Crippen LogP contribution in [0.25, 0.3) is 0 Å². The second-order valence-electron chi connectivity index (χ2n) is 6.01. The van der Waals surface area contributed by atoms with Gasteiger partial charge in [-0.1, -0.05) is 6.07 Å². The highest BCUT2D eigenvalue weighted by molar-refractivity contribution is 7.99. The average Bonchev–Trinajstić information content (AvgIpc) is 2.91. The molecule has 6 heteroatoms. The molecule has 4 nitrogen and oxygen atoms in total. The van der Waals surface area contributed by atoms with Crippen molar-refractivity contribution < 1.29 is 18.8 Å². The molecule has 0 aliphatic carbocycles. The first-order chi connectivity index (χ1) is 9.36. The van der Waals surface area contributed by atoms with Crippen LogP contribution >= 0.6 is 11.8 Å². The Hall–Kier alpha value is -0.845. The van der Waals surface area contributed by atoms with Gasteiger partial charge in [-0.05, 0) is 40.0 Å². The highest BCUT2D eigenvalue weighted by Crippen LogP contribution is 2.42. The molecule has 3 rings (SSSR count). The fourth-order valence-corrected chi connectivity index (χ4v) is 3.07. The zero-order valence-corrected chi connectivity index (χ0v) is 13.3. The van der Waals surface area contributed by atoms with E-state index in [2.05, 4.69) is 27.7 Å². The minimum absolute atomic E-state index is 0.274. The van der Waals surface area contributed by atoms with Crippen LogP contribution < -0.4 is 14.9 Å². The first kappa shape index (κ1) is 14.1. The Kier molecular flexibility index (Phi) is 3.23. The number of rotatable bonds is 2. The number of benzene rings is 1. The maximum Gasteiger partial charge on any atom is 0.496 e. The Morgan fingerprint density at radius 3 is 2.30 bits per heavy atom. The quantitative estimate of drug-likeness (QED) is 0.618. The Morgan fingerprint density at radius 2 is 1.70 bits per heavy atom. The van der Waals surface area contributed by atoms with E-state index in [4.69, 9.17) is 18.8 Å². The van der Waals surface area contributed by atoms with Gasteiger partial charge in [0.25, 0.3) is 0 Å². The molecule has 0 spiro atoms. The molecule has 20 heavy (non-hydrogen) atoms. The second-order valence-corrected chi connectivity index (χ2v) is 6.83. The van der Waals surface area contributed by atoms with Crippen molar-refractivity contribution in [3.63, 3.8) is 0 Å². The molecule has 1 aromatic rings. The van der Waals surface area contributed by atoms with E-state index in [1.54, 1.807) is 11.8 Å². The zero-order valence-electron chi connectivity index (χ0n) is 12.5. The van der Waals surface area contributed by atoms with Crippen molar-refractivity contribution in [3.8, 4) is 11.5 Å². The first-order valence-corrected chi connectivity index (χ1v) is 7.90. The van der Waals surface area contributed by atoms with Crippen LogP contribution in [0.15, 0.2) is 17.0 Å². The summed E-state index contributed by atoms with van der Waals surface area (Å²) in [5.41, 5.74) is 0.313. The molecule has 0 bridgehead atoms. The van der Waals surface area contributed by atoms with Crippen LogP contribution in [0.1, 0.15) is 27.7 Å². The van der Waals surface area contributed by atoms with E-state index < -0.39 is 0 Å². The topological polar surface area (TPSA) is 36.9 Å². The standard InChI is InChI=1S/C14H19BO4S/c1-13(2)14(3,4)19-15(18-13)9-6-7-10-11(12(9)20-5)17-8-16-10/h6-7H,8H2,1-5H3. The Balaban J connectivity index is 2.00. The van der Waals surface area contributed by atoms with E-state index in [0.29, 0.717) is 0 Å². The van der Waals surface area contributed by atoms with Crippen LogP contribution in [-0.2, 0) is 9.31 Å². The Bertz CT molecular complexity index is 528. The molecule has 0 unspecified atom stereocenters. The molecule has 2 heterocycles. The summed E-state index contributed by atoms with van der Waals surface area (Å²) < 4.78 is 23.2. The highest BCUT2D eigenvalue weighted by atomic mass is 32.2. The summed E-state index contributed by atoms with van der Waals surface area (Å²) in [5, 5.41) is 0. The molecule has 2 aliphatic rings.